The molecule has 3 saturated heterocycles. The van der Waals surface area contributed by atoms with Crippen molar-refractivity contribution in [2.75, 3.05) is 56.1 Å². The predicted molar refractivity (Wildman–Crippen MR) is 175 cm³/mol. The fourth-order valence-corrected chi connectivity index (χ4v) is 5.79. The lowest BCUT2D eigenvalue weighted by atomic mass is 9.92. The zero-order valence-corrected chi connectivity index (χ0v) is 25.9. The summed E-state index contributed by atoms with van der Waals surface area (Å²) >= 11 is 0. The molecule has 6 rings (SSSR count). The Morgan fingerprint density at radius 3 is 2.52 bits per heavy atom. The van der Waals surface area contributed by atoms with E-state index in [-0.39, 0.29) is 12.0 Å². The minimum absolute atomic E-state index is 0.0717. The van der Waals surface area contributed by atoms with Crippen LogP contribution in [0.15, 0.2) is 66.4 Å². The van der Waals surface area contributed by atoms with E-state index in [0.717, 1.165) is 80.1 Å². The van der Waals surface area contributed by atoms with Crippen molar-refractivity contribution in [2.24, 2.45) is 0 Å². The van der Waals surface area contributed by atoms with Gasteiger partial charge in [-0.3, -0.25) is 9.59 Å². The first-order valence-electron chi connectivity index (χ1n) is 15.8. The Balaban J connectivity index is 0.000000698. The van der Waals surface area contributed by atoms with Crippen molar-refractivity contribution in [3.05, 3.63) is 72.1 Å². The Morgan fingerprint density at radius 1 is 1.09 bits per heavy atom. The van der Waals surface area contributed by atoms with Gasteiger partial charge in [0, 0.05) is 50.4 Å². The zero-order valence-electron chi connectivity index (χ0n) is 25.9. The molecule has 1 aromatic heterocycles. The summed E-state index contributed by atoms with van der Waals surface area (Å²) in [4.78, 5) is 37.0. The van der Waals surface area contributed by atoms with E-state index in [4.69, 9.17) is 9.72 Å². The Bertz CT molecular complexity index is 1350. The van der Waals surface area contributed by atoms with Crippen LogP contribution >= 0.6 is 0 Å². The van der Waals surface area contributed by atoms with Crippen LogP contribution in [0, 0.1) is 0 Å². The second-order valence-corrected chi connectivity index (χ2v) is 12.0. The summed E-state index contributed by atoms with van der Waals surface area (Å²) in [6.45, 7) is 10.3. The van der Waals surface area contributed by atoms with Gasteiger partial charge in [-0.2, -0.15) is 0 Å². The number of allylic oxidation sites excluding steroid dienone is 4. The molecule has 234 valence electrons. The molecule has 2 atom stereocenters. The lowest BCUT2D eigenvalue weighted by Crippen LogP contribution is -2.47. The highest BCUT2D eigenvalue weighted by atomic mass is 16.5. The number of benzene rings is 1. The van der Waals surface area contributed by atoms with E-state index in [9.17, 15) is 9.59 Å². The van der Waals surface area contributed by atoms with E-state index in [0.29, 0.717) is 12.6 Å². The minimum Gasteiger partial charge on any atom is -0.368 e. The number of rotatable bonds is 7. The molecule has 1 aromatic carbocycles. The SMILES string of the molecule is C1CCNC1.CC1=C[C@@](C)(NC(=O)C2CCCO2)/C=C\C(c2ccnc(Nc3ccc(N4CCN(C=O)CC4)cc3)n2)=C/C1. The predicted octanol–water partition coefficient (Wildman–Crippen LogP) is 4.21. The number of hydrogen-bond donors (Lipinski definition) is 3. The molecule has 4 heterocycles. The van der Waals surface area contributed by atoms with Crippen molar-refractivity contribution in [1.29, 1.82) is 0 Å². The monoisotopic (exact) mass is 599 g/mol. The van der Waals surface area contributed by atoms with E-state index >= 15 is 0 Å². The van der Waals surface area contributed by atoms with Crippen molar-refractivity contribution >= 4 is 35.2 Å². The summed E-state index contributed by atoms with van der Waals surface area (Å²) in [5.74, 6) is 0.440. The highest BCUT2D eigenvalue weighted by Crippen LogP contribution is 2.26. The Morgan fingerprint density at radius 2 is 1.86 bits per heavy atom. The maximum Gasteiger partial charge on any atom is 0.250 e. The third-order valence-electron chi connectivity index (χ3n) is 8.27. The molecule has 10 heteroatoms. The first-order chi connectivity index (χ1) is 21.4. The summed E-state index contributed by atoms with van der Waals surface area (Å²) in [6, 6.07) is 10.1. The summed E-state index contributed by atoms with van der Waals surface area (Å²) in [7, 11) is 0. The number of ether oxygens (including phenoxy) is 1. The van der Waals surface area contributed by atoms with Crippen molar-refractivity contribution in [3.63, 3.8) is 0 Å². The van der Waals surface area contributed by atoms with Crippen LogP contribution in [0.1, 0.15) is 51.6 Å². The van der Waals surface area contributed by atoms with Crippen LogP contribution in [-0.2, 0) is 14.3 Å². The van der Waals surface area contributed by atoms with Gasteiger partial charge in [-0.25, -0.2) is 9.97 Å². The van der Waals surface area contributed by atoms with Crippen molar-refractivity contribution in [1.82, 2.24) is 25.5 Å². The normalized spacial score (nSPS) is 25.4. The summed E-state index contributed by atoms with van der Waals surface area (Å²) in [5, 5.41) is 9.70. The van der Waals surface area contributed by atoms with Crippen molar-refractivity contribution < 1.29 is 14.3 Å². The number of nitrogens with zero attached hydrogens (tertiary/aromatic N) is 4. The van der Waals surface area contributed by atoms with Crippen LogP contribution in [0.2, 0.25) is 0 Å². The third kappa shape index (κ3) is 8.76. The van der Waals surface area contributed by atoms with Gasteiger partial charge < -0.3 is 30.5 Å². The molecule has 10 nitrogen and oxygen atoms in total. The number of carbonyl (C=O) groups excluding carboxylic acids is 2. The number of aromatic nitrogens is 2. The smallest absolute Gasteiger partial charge is 0.250 e. The molecule has 3 N–H and O–H groups in total. The standard InChI is InChI=1S/C30H36N6O3.C4H9N/c1-22-5-6-23(11-13-30(2,20-22)34-28(38)27-4-3-19-39-27)26-12-14-31-29(33-26)32-24-7-9-25(10-8-24)36-17-15-35(21-37)16-18-36;1-2-4-5-3-1/h6-14,20-21,27H,3-5,15-19H2,1-2H3,(H,34,38)(H,31,32,33);5H,1-4H2/b13-11-,22-20?,23-6+;/t27?,30-;/m0./s1. The fourth-order valence-electron chi connectivity index (χ4n) is 5.79. The van der Waals surface area contributed by atoms with E-state index < -0.39 is 5.54 Å². The summed E-state index contributed by atoms with van der Waals surface area (Å²) in [5.41, 5.74) is 4.33. The second kappa shape index (κ2) is 15.1. The molecule has 0 spiro atoms. The highest BCUT2D eigenvalue weighted by Gasteiger charge is 2.29. The topological polar surface area (TPSA) is 112 Å². The van der Waals surface area contributed by atoms with E-state index in [1.165, 1.54) is 25.9 Å². The first kappa shape index (κ1) is 31.4. The van der Waals surface area contributed by atoms with Crippen LogP contribution < -0.4 is 20.9 Å². The molecule has 4 aliphatic rings. The van der Waals surface area contributed by atoms with Crippen LogP contribution in [0.5, 0.6) is 0 Å². The maximum atomic E-state index is 12.8. The van der Waals surface area contributed by atoms with E-state index in [1.54, 1.807) is 11.1 Å². The molecule has 3 fully saturated rings. The van der Waals surface area contributed by atoms with Gasteiger partial charge in [0.2, 0.25) is 18.3 Å². The largest absolute Gasteiger partial charge is 0.368 e. The molecule has 1 unspecified atom stereocenters. The maximum absolute atomic E-state index is 12.8. The molecule has 1 aliphatic carbocycles. The van der Waals surface area contributed by atoms with Gasteiger partial charge in [0.25, 0.3) is 0 Å². The molecular formula is C34H45N7O3. The van der Waals surface area contributed by atoms with Crippen LogP contribution in [-0.4, -0.2) is 84.7 Å². The van der Waals surface area contributed by atoms with Gasteiger partial charge >= 0.3 is 0 Å². The lowest BCUT2D eigenvalue weighted by Gasteiger charge is -2.34. The number of piperazine rings is 1. The molecule has 2 aromatic rings. The molecule has 0 bridgehead atoms. The lowest BCUT2D eigenvalue weighted by molar-refractivity contribution is -0.131. The molecule has 2 amide bonds. The molecule has 0 saturated carbocycles. The number of amides is 2. The highest BCUT2D eigenvalue weighted by molar-refractivity contribution is 5.83. The number of nitrogens with one attached hydrogen (secondary N) is 3. The number of carbonyl (C=O) groups is 2. The number of hydrogen-bond acceptors (Lipinski definition) is 8. The fraction of sp³-hybridized carbons (Fsp3) is 0.471. The molecular weight excluding hydrogens is 554 g/mol. The molecule has 44 heavy (non-hydrogen) atoms. The van der Waals surface area contributed by atoms with E-state index in [1.807, 2.05) is 37.3 Å². The van der Waals surface area contributed by atoms with Gasteiger partial charge in [-0.1, -0.05) is 29.9 Å². The van der Waals surface area contributed by atoms with E-state index in [2.05, 4.69) is 57.0 Å². The Hall–Kier alpha value is -4.02. The summed E-state index contributed by atoms with van der Waals surface area (Å²) < 4.78 is 5.57. The van der Waals surface area contributed by atoms with Gasteiger partial charge in [-0.05, 0) is 94.9 Å². The average Bonchev–Trinajstić information content (AvgIpc) is 3.79. The molecule has 0 radical (unpaired) electrons. The average molecular weight is 600 g/mol. The van der Waals surface area contributed by atoms with Crippen molar-refractivity contribution in [3.8, 4) is 0 Å². The molecule has 3 aliphatic heterocycles. The van der Waals surface area contributed by atoms with Crippen LogP contribution in [0.25, 0.3) is 5.57 Å². The van der Waals surface area contributed by atoms with Crippen LogP contribution in [0.3, 0.4) is 0 Å². The first-order valence-corrected chi connectivity index (χ1v) is 15.8. The Labute approximate surface area is 260 Å². The summed E-state index contributed by atoms with van der Waals surface area (Å²) in [6.07, 6.45) is 15.8. The van der Waals surface area contributed by atoms with Gasteiger partial charge in [-0.15, -0.1) is 0 Å². The minimum atomic E-state index is -0.623. The van der Waals surface area contributed by atoms with Gasteiger partial charge in [0.1, 0.15) is 6.10 Å². The van der Waals surface area contributed by atoms with Crippen LogP contribution in [0.4, 0.5) is 17.3 Å². The van der Waals surface area contributed by atoms with Crippen molar-refractivity contribution in [2.45, 2.75) is 57.6 Å². The third-order valence-corrected chi connectivity index (χ3v) is 8.27. The second-order valence-electron chi connectivity index (χ2n) is 12.0. The Kier molecular flexibility index (Phi) is 10.8. The quantitative estimate of drug-likeness (QED) is 0.321. The number of anilines is 3. The zero-order chi connectivity index (χ0) is 30.8. The van der Waals surface area contributed by atoms with Gasteiger partial charge in [0.15, 0.2) is 0 Å². The van der Waals surface area contributed by atoms with Gasteiger partial charge in [0.05, 0.1) is 11.2 Å².